The van der Waals surface area contributed by atoms with Gasteiger partial charge in [0.25, 0.3) is 0 Å². The maximum atomic E-state index is 11.1. The molecule has 0 aliphatic rings. The summed E-state index contributed by atoms with van der Waals surface area (Å²) in [6.07, 6.45) is 2.40. The molecule has 0 aromatic heterocycles. The zero-order valence-electron chi connectivity index (χ0n) is 9.61. The number of esters is 1. The predicted octanol–water partition coefficient (Wildman–Crippen LogP) is 1.10. The van der Waals surface area contributed by atoms with Crippen LogP contribution in [0.1, 0.15) is 39.5 Å². The fourth-order valence-electron chi connectivity index (χ4n) is 1.11. The molecule has 0 bridgehead atoms. The minimum absolute atomic E-state index is 0.112. The molecule has 2 unspecified atom stereocenters. The second-order valence-electron chi connectivity index (χ2n) is 3.93. The number of ether oxygens (including phenoxy) is 1. The number of carbonyl (C=O) groups is 1. The minimum atomic E-state index is -0.955. The Morgan fingerprint density at radius 2 is 2.13 bits per heavy atom. The fraction of sp³-hybridized carbons (Fsp3) is 0.909. The Kier molecular flexibility index (Phi) is 8.33. The van der Waals surface area contributed by atoms with Gasteiger partial charge >= 0.3 is 5.97 Å². The molecule has 4 nitrogen and oxygen atoms in total. The van der Waals surface area contributed by atoms with Gasteiger partial charge in [-0.1, -0.05) is 26.7 Å². The molecule has 2 atom stereocenters. The first-order valence-electron chi connectivity index (χ1n) is 5.54. The van der Waals surface area contributed by atoms with Crippen LogP contribution in [0.5, 0.6) is 0 Å². The van der Waals surface area contributed by atoms with E-state index in [0.717, 1.165) is 19.3 Å². The summed E-state index contributed by atoms with van der Waals surface area (Å²) < 4.78 is 4.76. The van der Waals surface area contributed by atoms with Crippen molar-refractivity contribution in [1.82, 2.24) is 0 Å². The van der Waals surface area contributed by atoms with E-state index in [0.29, 0.717) is 12.3 Å². The van der Waals surface area contributed by atoms with Crippen LogP contribution in [-0.4, -0.2) is 35.5 Å². The van der Waals surface area contributed by atoms with Gasteiger partial charge in [-0.05, 0) is 12.3 Å². The summed E-state index contributed by atoms with van der Waals surface area (Å²) in [5, 5.41) is 17.4. The molecule has 0 amide bonds. The Morgan fingerprint density at radius 1 is 1.47 bits per heavy atom. The highest BCUT2D eigenvalue weighted by atomic mass is 16.5. The van der Waals surface area contributed by atoms with Crippen LogP contribution in [0, 0.1) is 5.92 Å². The van der Waals surface area contributed by atoms with Crippen LogP contribution in [0.2, 0.25) is 0 Å². The SMILES string of the molecule is CCC(C)CCCC(=O)OCC(O)CO. The fourth-order valence-corrected chi connectivity index (χ4v) is 1.11. The molecule has 0 aliphatic heterocycles. The van der Waals surface area contributed by atoms with Crippen LogP contribution in [0.25, 0.3) is 0 Å². The molecule has 0 aliphatic carbocycles. The van der Waals surface area contributed by atoms with Gasteiger partial charge in [-0.25, -0.2) is 0 Å². The summed E-state index contributed by atoms with van der Waals surface area (Å²) in [4.78, 5) is 11.1. The van der Waals surface area contributed by atoms with Crippen LogP contribution < -0.4 is 0 Å². The maximum Gasteiger partial charge on any atom is 0.305 e. The second-order valence-corrected chi connectivity index (χ2v) is 3.93. The molecule has 0 aromatic rings. The summed E-state index contributed by atoms with van der Waals surface area (Å²) in [6.45, 7) is 3.79. The van der Waals surface area contributed by atoms with E-state index in [2.05, 4.69) is 13.8 Å². The third-order valence-corrected chi connectivity index (χ3v) is 2.42. The molecule has 0 fully saturated rings. The second kappa shape index (κ2) is 8.68. The van der Waals surface area contributed by atoms with E-state index in [1.807, 2.05) is 0 Å². The lowest BCUT2D eigenvalue weighted by Crippen LogP contribution is -2.21. The van der Waals surface area contributed by atoms with Gasteiger partial charge in [0.15, 0.2) is 0 Å². The van der Waals surface area contributed by atoms with Crippen LogP contribution in [-0.2, 0) is 9.53 Å². The molecule has 0 saturated carbocycles. The summed E-state index contributed by atoms with van der Waals surface area (Å²) in [6, 6.07) is 0. The predicted molar refractivity (Wildman–Crippen MR) is 57.4 cm³/mol. The van der Waals surface area contributed by atoms with Gasteiger partial charge in [-0.15, -0.1) is 0 Å². The van der Waals surface area contributed by atoms with E-state index in [-0.39, 0.29) is 19.2 Å². The third kappa shape index (κ3) is 8.39. The Labute approximate surface area is 91.3 Å². The first-order chi connectivity index (χ1) is 7.10. The van der Waals surface area contributed by atoms with Crippen molar-refractivity contribution in [2.24, 2.45) is 5.92 Å². The van der Waals surface area contributed by atoms with Crippen LogP contribution in [0.15, 0.2) is 0 Å². The van der Waals surface area contributed by atoms with E-state index >= 15 is 0 Å². The molecule has 90 valence electrons. The number of carbonyl (C=O) groups excluding carboxylic acids is 1. The Hall–Kier alpha value is -0.610. The smallest absolute Gasteiger partial charge is 0.305 e. The van der Waals surface area contributed by atoms with Crippen molar-refractivity contribution in [2.75, 3.05) is 13.2 Å². The van der Waals surface area contributed by atoms with Gasteiger partial charge in [-0.2, -0.15) is 0 Å². The summed E-state index contributed by atoms with van der Waals surface area (Å²) in [5.74, 6) is 0.339. The molecule has 15 heavy (non-hydrogen) atoms. The minimum Gasteiger partial charge on any atom is -0.463 e. The van der Waals surface area contributed by atoms with E-state index in [9.17, 15) is 4.79 Å². The first-order valence-corrected chi connectivity index (χ1v) is 5.54. The Bertz CT molecular complexity index is 170. The lowest BCUT2D eigenvalue weighted by atomic mass is 10.0. The quantitative estimate of drug-likeness (QED) is 0.599. The van der Waals surface area contributed by atoms with Gasteiger partial charge in [0.1, 0.15) is 12.7 Å². The van der Waals surface area contributed by atoms with Crippen molar-refractivity contribution in [1.29, 1.82) is 0 Å². The van der Waals surface area contributed by atoms with Gasteiger partial charge in [0.2, 0.25) is 0 Å². The summed E-state index contributed by atoms with van der Waals surface area (Å²) in [7, 11) is 0. The molecule has 4 heteroatoms. The zero-order chi connectivity index (χ0) is 11.7. The van der Waals surface area contributed by atoms with Crippen LogP contribution in [0.4, 0.5) is 0 Å². The highest BCUT2D eigenvalue weighted by molar-refractivity contribution is 5.69. The average Bonchev–Trinajstić information content (AvgIpc) is 2.25. The molecule has 0 saturated heterocycles. The summed E-state index contributed by atoms with van der Waals surface area (Å²) >= 11 is 0. The van der Waals surface area contributed by atoms with Crippen LogP contribution >= 0.6 is 0 Å². The topological polar surface area (TPSA) is 66.8 Å². The molecule has 0 radical (unpaired) electrons. The monoisotopic (exact) mass is 218 g/mol. The molecule has 0 aromatic carbocycles. The van der Waals surface area contributed by atoms with E-state index in [4.69, 9.17) is 14.9 Å². The van der Waals surface area contributed by atoms with E-state index < -0.39 is 6.10 Å². The van der Waals surface area contributed by atoms with Gasteiger partial charge in [0, 0.05) is 6.42 Å². The Morgan fingerprint density at radius 3 is 2.67 bits per heavy atom. The number of hydrogen-bond donors (Lipinski definition) is 2. The van der Waals surface area contributed by atoms with Crippen molar-refractivity contribution in [3.63, 3.8) is 0 Å². The largest absolute Gasteiger partial charge is 0.463 e. The number of hydrogen-bond acceptors (Lipinski definition) is 4. The first kappa shape index (κ1) is 14.4. The number of aliphatic hydroxyl groups is 2. The molecule has 0 rings (SSSR count). The molecular weight excluding hydrogens is 196 g/mol. The van der Waals surface area contributed by atoms with E-state index in [1.165, 1.54) is 0 Å². The average molecular weight is 218 g/mol. The van der Waals surface area contributed by atoms with Gasteiger partial charge in [-0.3, -0.25) is 4.79 Å². The van der Waals surface area contributed by atoms with Crippen molar-refractivity contribution in [3.8, 4) is 0 Å². The van der Waals surface area contributed by atoms with Crippen molar-refractivity contribution >= 4 is 5.97 Å². The van der Waals surface area contributed by atoms with Crippen LogP contribution in [0.3, 0.4) is 0 Å². The van der Waals surface area contributed by atoms with Crippen molar-refractivity contribution < 1.29 is 19.7 Å². The highest BCUT2D eigenvalue weighted by Crippen LogP contribution is 2.11. The lowest BCUT2D eigenvalue weighted by Gasteiger charge is -2.09. The van der Waals surface area contributed by atoms with E-state index in [1.54, 1.807) is 0 Å². The standard InChI is InChI=1S/C11H22O4/c1-3-9(2)5-4-6-11(14)15-8-10(13)7-12/h9-10,12-13H,3-8H2,1-2H3. The normalized spacial score (nSPS) is 14.7. The molecular formula is C11H22O4. The maximum absolute atomic E-state index is 11.1. The summed E-state index contributed by atoms with van der Waals surface area (Å²) in [5.41, 5.74) is 0. The van der Waals surface area contributed by atoms with Crippen molar-refractivity contribution in [3.05, 3.63) is 0 Å². The lowest BCUT2D eigenvalue weighted by molar-refractivity contribution is -0.147. The van der Waals surface area contributed by atoms with Gasteiger partial charge in [0.05, 0.1) is 6.61 Å². The number of rotatable bonds is 8. The highest BCUT2D eigenvalue weighted by Gasteiger charge is 2.08. The zero-order valence-corrected chi connectivity index (χ0v) is 9.61. The van der Waals surface area contributed by atoms with Crippen molar-refractivity contribution in [2.45, 2.75) is 45.6 Å². The van der Waals surface area contributed by atoms with Gasteiger partial charge < -0.3 is 14.9 Å². The number of aliphatic hydroxyl groups excluding tert-OH is 2. The third-order valence-electron chi connectivity index (χ3n) is 2.42. The molecule has 0 heterocycles. The molecule has 0 spiro atoms. The Balaban J connectivity index is 3.41. The molecule has 2 N–H and O–H groups in total.